The van der Waals surface area contributed by atoms with Crippen LogP contribution in [0.4, 0.5) is 5.69 Å². The van der Waals surface area contributed by atoms with Crippen LogP contribution in [0.25, 0.3) is 11.1 Å². The molecule has 2 aromatic rings. The fraction of sp³-hybridized carbons (Fsp3) is 0.429. The summed E-state index contributed by atoms with van der Waals surface area (Å²) in [6.45, 7) is 3.81. The SMILES string of the molecule is CNc1c(C(N)=NC2CC2)oc2nc(C)c(Cl)c(C)c12. The number of pyridine rings is 1. The number of nitrogens with zero attached hydrogens (tertiary/aromatic N) is 2. The number of hydrogen-bond donors (Lipinski definition) is 2. The molecular weight excluding hydrogens is 276 g/mol. The molecule has 3 N–H and O–H groups in total. The number of aromatic nitrogens is 1. The predicted octanol–water partition coefficient (Wildman–Crippen LogP) is 3.01. The maximum absolute atomic E-state index is 6.28. The molecule has 0 amide bonds. The molecule has 1 saturated carbocycles. The quantitative estimate of drug-likeness (QED) is 0.673. The van der Waals surface area contributed by atoms with Gasteiger partial charge in [0.2, 0.25) is 5.71 Å². The highest BCUT2D eigenvalue weighted by atomic mass is 35.5. The van der Waals surface area contributed by atoms with Crippen LogP contribution in [-0.2, 0) is 0 Å². The molecule has 20 heavy (non-hydrogen) atoms. The number of halogens is 1. The molecule has 0 spiro atoms. The highest BCUT2D eigenvalue weighted by Crippen LogP contribution is 2.36. The number of nitrogens with two attached hydrogens (primary N) is 1. The summed E-state index contributed by atoms with van der Waals surface area (Å²) >= 11 is 6.28. The lowest BCUT2D eigenvalue weighted by molar-refractivity contribution is 0.591. The van der Waals surface area contributed by atoms with E-state index < -0.39 is 0 Å². The van der Waals surface area contributed by atoms with Crippen molar-refractivity contribution >= 4 is 34.2 Å². The van der Waals surface area contributed by atoms with Crippen molar-refractivity contribution in [1.29, 1.82) is 0 Å². The fourth-order valence-corrected chi connectivity index (χ4v) is 2.44. The number of rotatable bonds is 3. The minimum atomic E-state index is 0.340. The zero-order chi connectivity index (χ0) is 14.4. The van der Waals surface area contributed by atoms with Gasteiger partial charge in [-0.1, -0.05) is 11.6 Å². The summed E-state index contributed by atoms with van der Waals surface area (Å²) in [5.74, 6) is 0.967. The van der Waals surface area contributed by atoms with Gasteiger partial charge in [0.05, 0.1) is 27.8 Å². The molecule has 0 radical (unpaired) electrons. The summed E-state index contributed by atoms with van der Waals surface area (Å²) in [5.41, 5.74) is 9.08. The van der Waals surface area contributed by atoms with Crippen molar-refractivity contribution in [3.05, 3.63) is 22.0 Å². The molecule has 0 atom stereocenters. The number of furan rings is 1. The van der Waals surface area contributed by atoms with Gasteiger partial charge in [0.25, 0.3) is 0 Å². The maximum Gasteiger partial charge on any atom is 0.229 e. The Morgan fingerprint density at radius 2 is 2.15 bits per heavy atom. The topological polar surface area (TPSA) is 76.4 Å². The second-order valence-corrected chi connectivity index (χ2v) is 5.50. The Morgan fingerprint density at radius 3 is 2.75 bits per heavy atom. The molecule has 2 heterocycles. The highest BCUT2D eigenvalue weighted by molar-refractivity contribution is 6.33. The summed E-state index contributed by atoms with van der Waals surface area (Å²) in [5, 5.41) is 4.65. The van der Waals surface area contributed by atoms with E-state index in [9.17, 15) is 0 Å². The van der Waals surface area contributed by atoms with Crippen LogP contribution in [0.2, 0.25) is 5.02 Å². The number of aryl methyl sites for hydroxylation is 2. The van der Waals surface area contributed by atoms with Crippen LogP contribution < -0.4 is 11.1 Å². The lowest BCUT2D eigenvalue weighted by atomic mass is 10.1. The summed E-state index contributed by atoms with van der Waals surface area (Å²) in [6, 6.07) is 0.340. The van der Waals surface area contributed by atoms with Crippen LogP contribution in [0.15, 0.2) is 9.41 Å². The summed E-state index contributed by atoms with van der Waals surface area (Å²) < 4.78 is 5.81. The van der Waals surface area contributed by atoms with E-state index >= 15 is 0 Å². The normalized spacial score (nSPS) is 15.9. The van der Waals surface area contributed by atoms with E-state index in [1.165, 1.54) is 0 Å². The number of fused-ring (bicyclic) bond motifs is 1. The average molecular weight is 293 g/mol. The molecule has 1 aliphatic carbocycles. The van der Waals surface area contributed by atoms with E-state index in [-0.39, 0.29) is 0 Å². The standard InChI is InChI=1S/C14H17ClN4O/c1-6-9-11(17-3)12(13(16)19-8-4-5-8)20-14(9)18-7(2)10(6)15/h8,17H,4-5H2,1-3H3,(H2,16,19). The van der Waals surface area contributed by atoms with Gasteiger partial charge < -0.3 is 15.5 Å². The lowest BCUT2D eigenvalue weighted by Crippen LogP contribution is -2.15. The van der Waals surface area contributed by atoms with Gasteiger partial charge in [0, 0.05) is 7.05 Å². The first-order valence-electron chi connectivity index (χ1n) is 6.63. The molecule has 5 nitrogen and oxygen atoms in total. The molecule has 0 saturated heterocycles. The Hall–Kier alpha value is -1.75. The number of hydrogen-bond acceptors (Lipinski definition) is 4. The Labute approximate surface area is 122 Å². The molecule has 1 aliphatic rings. The third-order valence-corrected chi connectivity index (χ3v) is 4.09. The van der Waals surface area contributed by atoms with Crippen LogP contribution in [0.1, 0.15) is 29.9 Å². The van der Waals surface area contributed by atoms with Crippen LogP contribution >= 0.6 is 11.6 Å². The number of anilines is 1. The summed E-state index contributed by atoms with van der Waals surface area (Å²) in [4.78, 5) is 8.83. The van der Waals surface area contributed by atoms with E-state index in [0.29, 0.717) is 28.4 Å². The van der Waals surface area contributed by atoms with Crippen LogP contribution in [0.3, 0.4) is 0 Å². The molecule has 0 aliphatic heterocycles. The van der Waals surface area contributed by atoms with Gasteiger partial charge in [0.1, 0.15) is 0 Å². The Bertz CT molecular complexity index is 716. The largest absolute Gasteiger partial charge is 0.432 e. The van der Waals surface area contributed by atoms with Crippen molar-refractivity contribution in [2.75, 3.05) is 12.4 Å². The number of amidine groups is 1. The van der Waals surface area contributed by atoms with E-state index in [2.05, 4.69) is 15.3 Å². The molecule has 0 bridgehead atoms. The van der Waals surface area contributed by atoms with Crippen molar-refractivity contribution in [1.82, 2.24) is 4.98 Å². The van der Waals surface area contributed by atoms with Gasteiger partial charge in [0.15, 0.2) is 11.6 Å². The zero-order valence-corrected chi connectivity index (χ0v) is 12.5. The molecule has 1 fully saturated rings. The van der Waals surface area contributed by atoms with Crippen LogP contribution in [-0.4, -0.2) is 23.9 Å². The maximum atomic E-state index is 6.28. The van der Waals surface area contributed by atoms with Crippen LogP contribution in [0.5, 0.6) is 0 Å². The van der Waals surface area contributed by atoms with E-state index in [1.807, 2.05) is 20.9 Å². The zero-order valence-electron chi connectivity index (χ0n) is 11.7. The first-order chi connectivity index (χ1) is 9.52. The monoisotopic (exact) mass is 292 g/mol. The third kappa shape index (κ3) is 2.02. The second-order valence-electron chi connectivity index (χ2n) is 5.12. The predicted molar refractivity (Wildman–Crippen MR) is 81.8 cm³/mol. The molecule has 0 aromatic carbocycles. The second kappa shape index (κ2) is 4.66. The van der Waals surface area contributed by atoms with Crippen molar-refractivity contribution in [2.24, 2.45) is 10.7 Å². The van der Waals surface area contributed by atoms with Gasteiger partial charge in [-0.2, -0.15) is 0 Å². The minimum Gasteiger partial charge on any atom is -0.432 e. The lowest BCUT2D eigenvalue weighted by Gasteiger charge is -2.05. The fourth-order valence-electron chi connectivity index (χ4n) is 2.31. The molecule has 2 aromatic heterocycles. The van der Waals surface area contributed by atoms with Gasteiger partial charge in [-0.25, -0.2) is 4.98 Å². The molecule has 106 valence electrons. The summed E-state index contributed by atoms with van der Waals surface area (Å²) in [6.07, 6.45) is 2.19. The molecular formula is C14H17ClN4O. The molecule has 3 rings (SSSR count). The minimum absolute atomic E-state index is 0.340. The number of nitrogens with one attached hydrogen (secondary N) is 1. The Kier molecular flexibility index (Phi) is 3.09. The first kappa shape index (κ1) is 13.2. The van der Waals surface area contributed by atoms with Gasteiger partial charge in [-0.15, -0.1) is 0 Å². The van der Waals surface area contributed by atoms with Crippen molar-refractivity contribution < 1.29 is 4.42 Å². The van der Waals surface area contributed by atoms with Crippen molar-refractivity contribution in [3.8, 4) is 0 Å². The first-order valence-corrected chi connectivity index (χ1v) is 7.01. The van der Waals surface area contributed by atoms with Crippen molar-refractivity contribution in [3.63, 3.8) is 0 Å². The van der Waals surface area contributed by atoms with Gasteiger partial charge in [-0.05, 0) is 32.3 Å². The Morgan fingerprint density at radius 1 is 1.45 bits per heavy atom. The van der Waals surface area contributed by atoms with Crippen LogP contribution in [0, 0.1) is 13.8 Å². The Balaban J connectivity index is 2.25. The van der Waals surface area contributed by atoms with Gasteiger partial charge in [-0.3, -0.25) is 4.99 Å². The van der Waals surface area contributed by atoms with E-state index in [1.54, 1.807) is 0 Å². The van der Waals surface area contributed by atoms with Gasteiger partial charge >= 0.3 is 0 Å². The smallest absolute Gasteiger partial charge is 0.229 e. The summed E-state index contributed by atoms with van der Waals surface area (Å²) in [7, 11) is 1.82. The molecule has 0 unspecified atom stereocenters. The average Bonchev–Trinajstić information content (AvgIpc) is 3.14. The number of aliphatic imine (C=N–C) groups is 1. The van der Waals surface area contributed by atoms with E-state index in [4.69, 9.17) is 21.8 Å². The third-order valence-electron chi connectivity index (χ3n) is 3.53. The van der Waals surface area contributed by atoms with Crippen molar-refractivity contribution in [2.45, 2.75) is 32.7 Å². The molecule has 6 heteroatoms. The van der Waals surface area contributed by atoms with E-state index in [0.717, 1.165) is 35.2 Å². The highest BCUT2D eigenvalue weighted by Gasteiger charge is 2.25.